The zero-order valence-electron chi connectivity index (χ0n) is 21.5. The maximum atomic E-state index is 15.2. The number of ketones is 1. The Morgan fingerprint density at radius 3 is 2.63 bits per heavy atom. The van der Waals surface area contributed by atoms with Crippen molar-refractivity contribution in [3.05, 3.63) is 33.6 Å². The topological polar surface area (TPSA) is 109 Å². The molecule has 196 valence electrons. The number of hydrogen-bond donors (Lipinski definition) is 3. The van der Waals surface area contributed by atoms with Gasteiger partial charge in [-0.05, 0) is 46.1 Å². The largest absolute Gasteiger partial charge is 0.392 e. The molecule has 1 amide bonds. The lowest BCUT2D eigenvalue weighted by Crippen LogP contribution is -2.48. The number of nitrogens with zero attached hydrogens (tertiary/aromatic N) is 1. The zero-order chi connectivity index (χ0) is 26.3. The van der Waals surface area contributed by atoms with Crippen LogP contribution in [0.25, 0.3) is 6.08 Å². The number of aliphatic hydroxyl groups is 2. The van der Waals surface area contributed by atoms with Gasteiger partial charge in [-0.25, -0.2) is 9.37 Å². The summed E-state index contributed by atoms with van der Waals surface area (Å²) in [6.07, 6.45) is 0.964. The van der Waals surface area contributed by atoms with E-state index < -0.39 is 47.4 Å². The van der Waals surface area contributed by atoms with Crippen LogP contribution in [0, 0.1) is 18.3 Å². The highest BCUT2D eigenvalue weighted by atomic mass is 32.1. The standard InChI is InChI=1S/C26H39FN2O5S/c1-7-19-24(32)16(3)34-11-10-15(2)8-9-21(20(27)12-18-14-35-17(4)28-18)29-23(31)13-22(30)26(5,6)25(19)33/h8,12,14,16,19,21-22,24,30,32H,7,9-11,13H2,1-6H3,(H,29,31)/b15-8-,20-12-/t16-,19-,21+,22+,24-/m1/s1. The van der Waals surface area contributed by atoms with Crippen LogP contribution in [0.4, 0.5) is 4.39 Å². The Kier molecular flexibility index (Phi) is 10.8. The van der Waals surface area contributed by atoms with Gasteiger partial charge in [-0.1, -0.05) is 32.4 Å². The number of halogens is 1. The molecule has 2 heterocycles. The molecule has 5 atom stereocenters. The van der Waals surface area contributed by atoms with Gasteiger partial charge >= 0.3 is 0 Å². The minimum Gasteiger partial charge on any atom is -0.392 e. The summed E-state index contributed by atoms with van der Waals surface area (Å²) in [6, 6.07) is -0.941. The normalized spacial score (nSPS) is 31.5. The Balaban J connectivity index is 2.35. The first-order chi connectivity index (χ1) is 16.4. The van der Waals surface area contributed by atoms with Crippen LogP contribution in [0.15, 0.2) is 22.9 Å². The number of carbonyl (C=O) groups is 2. The number of ether oxygens (including phenoxy) is 1. The zero-order valence-corrected chi connectivity index (χ0v) is 22.3. The molecule has 0 bridgehead atoms. The Hall–Kier alpha value is -1.94. The molecule has 0 aliphatic carbocycles. The summed E-state index contributed by atoms with van der Waals surface area (Å²) in [6.45, 7) is 10.7. The third kappa shape index (κ3) is 8.03. The van der Waals surface area contributed by atoms with Gasteiger partial charge in [0.2, 0.25) is 5.91 Å². The molecule has 2 rings (SSSR count). The van der Waals surface area contributed by atoms with Gasteiger partial charge in [-0.15, -0.1) is 11.3 Å². The summed E-state index contributed by atoms with van der Waals surface area (Å²) < 4.78 is 21.0. The second-order valence-corrected chi connectivity index (χ2v) is 10.9. The van der Waals surface area contributed by atoms with Crippen LogP contribution in [-0.2, 0) is 14.3 Å². The van der Waals surface area contributed by atoms with Crippen LogP contribution >= 0.6 is 11.3 Å². The van der Waals surface area contributed by atoms with Crippen LogP contribution in [0.1, 0.15) is 71.0 Å². The van der Waals surface area contributed by atoms with E-state index in [9.17, 15) is 19.8 Å². The second kappa shape index (κ2) is 12.9. The predicted octanol–water partition coefficient (Wildman–Crippen LogP) is 4.13. The molecule has 0 saturated heterocycles. The van der Waals surface area contributed by atoms with Crippen molar-refractivity contribution >= 4 is 29.1 Å². The van der Waals surface area contributed by atoms with E-state index in [0.29, 0.717) is 25.1 Å². The molecule has 0 aromatic carbocycles. The van der Waals surface area contributed by atoms with Gasteiger partial charge in [0.15, 0.2) is 0 Å². The maximum Gasteiger partial charge on any atom is 0.223 e. The fourth-order valence-corrected chi connectivity index (χ4v) is 4.66. The number of carbonyl (C=O) groups excluding carboxylic acids is 2. The van der Waals surface area contributed by atoms with Crippen LogP contribution in [0.5, 0.6) is 0 Å². The highest BCUT2D eigenvalue weighted by molar-refractivity contribution is 7.09. The fourth-order valence-electron chi connectivity index (χ4n) is 4.09. The third-order valence-corrected chi connectivity index (χ3v) is 7.48. The number of rotatable bonds is 3. The lowest BCUT2D eigenvalue weighted by molar-refractivity contribution is -0.147. The second-order valence-electron chi connectivity index (χ2n) is 9.86. The summed E-state index contributed by atoms with van der Waals surface area (Å²) in [4.78, 5) is 30.4. The number of aliphatic hydroxyl groups excluding tert-OH is 2. The van der Waals surface area contributed by atoms with Gasteiger partial charge in [0, 0.05) is 11.3 Å². The monoisotopic (exact) mass is 510 g/mol. The van der Waals surface area contributed by atoms with Crippen molar-refractivity contribution in [2.24, 2.45) is 11.3 Å². The number of aromatic nitrogens is 1. The molecule has 7 nitrogen and oxygen atoms in total. The number of aryl methyl sites for hydroxylation is 1. The van der Waals surface area contributed by atoms with Crippen LogP contribution in [0.2, 0.25) is 0 Å². The lowest BCUT2D eigenvalue weighted by Gasteiger charge is -2.35. The van der Waals surface area contributed by atoms with E-state index >= 15 is 4.39 Å². The summed E-state index contributed by atoms with van der Waals surface area (Å²) in [5.74, 6) is -2.20. The molecule has 1 aliphatic heterocycles. The average Bonchev–Trinajstić information content (AvgIpc) is 3.20. The summed E-state index contributed by atoms with van der Waals surface area (Å²) in [5, 5.41) is 26.8. The first-order valence-corrected chi connectivity index (χ1v) is 13.0. The molecule has 0 saturated carbocycles. The smallest absolute Gasteiger partial charge is 0.223 e. The van der Waals surface area contributed by atoms with Crippen molar-refractivity contribution in [3.8, 4) is 0 Å². The van der Waals surface area contributed by atoms with E-state index in [0.717, 1.165) is 10.6 Å². The van der Waals surface area contributed by atoms with Crippen LogP contribution < -0.4 is 5.32 Å². The molecular formula is C26H39FN2O5S. The van der Waals surface area contributed by atoms with Crippen molar-refractivity contribution in [1.82, 2.24) is 10.3 Å². The van der Waals surface area contributed by atoms with Gasteiger partial charge in [0.25, 0.3) is 0 Å². The molecule has 0 fully saturated rings. The molecule has 0 radical (unpaired) electrons. The minimum absolute atomic E-state index is 0.206. The molecule has 9 heteroatoms. The Labute approximate surface area is 211 Å². The van der Waals surface area contributed by atoms with Crippen molar-refractivity contribution in [3.63, 3.8) is 0 Å². The Morgan fingerprint density at radius 1 is 1.34 bits per heavy atom. The Bertz CT molecular complexity index is 942. The van der Waals surface area contributed by atoms with Crippen molar-refractivity contribution in [2.75, 3.05) is 6.61 Å². The summed E-state index contributed by atoms with van der Waals surface area (Å²) >= 11 is 1.40. The fraction of sp³-hybridized carbons (Fsp3) is 0.654. The van der Waals surface area contributed by atoms with E-state index in [1.54, 1.807) is 33.1 Å². The van der Waals surface area contributed by atoms with E-state index in [-0.39, 0.29) is 18.6 Å². The number of thiazole rings is 1. The van der Waals surface area contributed by atoms with Crippen molar-refractivity contribution in [1.29, 1.82) is 0 Å². The van der Waals surface area contributed by atoms with Gasteiger partial charge in [0.05, 0.1) is 53.5 Å². The van der Waals surface area contributed by atoms with Crippen molar-refractivity contribution < 1.29 is 28.9 Å². The summed E-state index contributed by atoms with van der Waals surface area (Å²) in [7, 11) is 0. The number of hydrogen-bond acceptors (Lipinski definition) is 7. The van der Waals surface area contributed by atoms with E-state index in [1.807, 2.05) is 19.9 Å². The lowest BCUT2D eigenvalue weighted by atomic mass is 9.72. The average molecular weight is 511 g/mol. The maximum absolute atomic E-state index is 15.2. The van der Waals surface area contributed by atoms with E-state index in [4.69, 9.17) is 4.74 Å². The predicted molar refractivity (Wildman–Crippen MR) is 135 cm³/mol. The van der Waals surface area contributed by atoms with Gasteiger partial charge in [-0.3, -0.25) is 9.59 Å². The van der Waals surface area contributed by atoms with Crippen LogP contribution in [0.3, 0.4) is 0 Å². The minimum atomic E-state index is -1.31. The Morgan fingerprint density at radius 2 is 2.03 bits per heavy atom. The van der Waals surface area contributed by atoms with Gasteiger partial charge in [0.1, 0.15) is 11.6 Å². The molecular weight excluding hydrogens is 471 g/mol. The molecule has 1 aromatic rings. The van der Waals surface area contributed by atoms with Crippen LogP contribution in [-0.4, -0.2) is 57.8 Å². The molecule has 0 unspecified atom stereocenters. The third-order valence-electron chi connectivity index (χ3n) is 6.69. The van der Waals surface area contributed by atoms with E-state index in [1.165, 1.54) is 17.4 Å². The van der Waals surface area contributed by atoms with Gasteiger partial charge in [-0.2, -0.15) is 0 Å². The number of nitrogens with one attached hydrogen (secondary N) is 1. The highest BCUT2D eigenvalue weighted by Gasteiger charge is 2.43. The number of amides is 1. The van der Waals surface area contributed by atoms with E-state index in [2.05, 4.69) is 10.3 Å². The quantitative estimate of drug-likeness (QED) is 0.528. The molecule has 3 N–H and O–H groups in total. The first-order valence-electron chi connectivity index (χ1n) is 12.1. The SMILES string of the molecule is CC[C@H]1C(=O)C(C)(C)[C@@H](O)CC(=O)N[C@H](/C(F)=C/c2csc(C)n2)C/C=C(/C)CCO[C@H](C)[C@H]1O. The molecule has 0 spiro atoms. The summed E-state index contributed by atoms with van der Waals surface area (Å²) in [5.41, 5.74) is 0.124. The molecule has 35 heavy (non-hydrogen) atoms. The molecule has 1 aromatic heterocycles. The molecule has 1 aliphatic rings. The number of Topliss-reactive ketones (excluding diaryl/α,β-unsaturated/α-hetero) is 1. The van der Waals surface area contributed by atoms with Crippen molar-refractivity contribution in [2.45, 2.75) is 91.6 Å². The first kappa shape index (κ1) is 29.3. The van der Waals surface area contributed by atoms with Gasteiger partial charge < -0.3 is 20.3 Å². The highest BCUT2D eigenvalue weighted by Crippen LogP contribution is 2.32.